The van der Waals surface area contributed by atoms with Crippen molar-refractivity contribution in [1.82, 2.24) is 0 Å². The van der Waals surface area contributed by atoms with Crippen molar-refractivity contribution in [2.45, 2.75) is 19.8 Å². The highest BCUT2D eigenvalue weighted by atomic mass is 16.2. The lowest BCUT2D eigenvalue weighted by atomic mass is 9.99. The predicted octanol–water partition coefficient (Wildman–Crippen LogP) is 2.77. The smallest absolute Gasteiger partial charge is 0.231 e. The van der Waals surface area contributed by atoms with Gasteiger partial charge in [0.2, 0.25) is 5.91 Å². The van der Waals surface area contributed by atoms with E-state index in [0.29, 0.717) is 12.1 Å². The monoisotopic (exact) mass is 267 g/mol. The van der Waals surface area contributed by atoms with Crippen molar-refractivity contribution in [1.29, 1.82) is 0 Å². The Morgan fingerprint density at radius 3 is 2.50 bits per heavy atom. The molecule has 0 aromatic heterocycles. The van der Waals surface area contributed by atoms with Gasteiger partial charge in [0.25, 0.3) is 0 Å². The van der Waals surface area contributed by atoms with Crippen molar-refractivity contribution in [2.24, 2.45) is 0 Å². The van der Waals surface area contributed by atoms with Crippen LogP contribution in [0.25, 0.3) is 0 Å². The maximum atomic E-state index is 12.3. The maximum absolute atomic E-state index is 12.3. The Balaban J connectivity index is 2.16. The summed E-state index contributed by atoms with van der Waals surface area (Å²) in [5.41, 5.74) is 17.0. The van der Waals surface area contributed by atoms with E-state index < -0.39 is 0 Å². The zero-order valence-electron chi connectivity index (χ0n) is 11.4. The van der Waals surface area contributed by atoms with Gasteiger partial charge in [-0.2, -0.15) is 0 Å². The number of benzene rings is 2. The van der Waals surface area contributed by atoms with Crippen molar-refractivity contribution in [3.8, 4) is 0 Å². The maximum Gasteiger partial charge on any atom is 0.231 e. The molecule has 0 saturated heterocycles. The van der Waals surface area contributed by atoms with Crippen molar-refractivity contribution < 1.29 is 4.79 Å². The molecule has 102 valence electrons. The largest absolute Gasteiger partial charge is 0.399 e. The van der Waals surface area contributed by atoms with Gasteiger partial charge in [0, 0.05) is 12.1 Å². The zero-order chi connectivity index (χ0) is 14.3. The van der Waals surface area contributed by atoms with Crippen LogP contribution in [0.3, 0.4) is 0 Å². The van der Waals surface area contributed by atoms with Crippen LogP contribution in [0.5, 0.6) is 0 Å². The van der Waals surface area contributed by atoms with Gasteiger partial charge in [0.1, 0.15) is 0 Å². The van der Waals surface area contributed by atoms with Crippen LogP contribution in [-0.2, 0) is 11.2 Å². The second kappa shape index (κ2) is 4.56. The summed E-state index contributed by atoms with van der Waals surface area (Å²) in [6.45, 7) is 1.98. The van der Waals surface area contributed by atoms with Gasteiger partial charge in [-0.15, -0.1) is 0 Å². The molecule has 0 radical (unpaired) electrons. The van der Waals surface area contributed by atoms with Gasteiger partial charge in [-0.1, -0.05) is 6.07 Å². The third-order valence-electron chi connectivity index (χ3n) is 3.63. The molecule has 4 N–H and O–H groups in total. The Morgan fingerprint density at radius 2 is 1.75 bits per heavy atom. The molecule has 2 aromatic rings. The molecular formula is C16H17N3O. The summed E-state index contributed by atoms with van der Waals surface area (Å²) >= 11 is 0. The summed E-state index contributed by atoms with van der Waals surface area (Å²) in [6.07, 6.45) is 1.20. The third-order valence-corrected chi connectivity index (χ3v) is 3.63. The molecule has 2 aromatic carbocycles. The number of amides is 1. The van der Waals surface area contributed by atoms with E-state index in [9.17, 15) is 4.79 Å². The zero-order valence-corrected chi connectivity index (χ0v) is 11.4. The Kier molecular flexibility index (Phi) is 2.86. The van der Waals surface area contributed by atoms with Gasteiger partial charge in [-0.05, 0) is 54.8 Å². The van der Waals surface area contributed by atoms with Crippen molar-refractivity contribution in [2.75, 3.05) is 16.4 Å². The van der Waals surface area contributed by atoms with E-state index in [2.05, 4.69) is 0 Å². The highest BCUT2D eigenvalue weighted by molar-refractivity contribution is 6.05. The fraction of sp³-hybridized carbons (Fsp3) is 0.188. The van der Waals surface area contributed by atoms with Gasteiger partial charge >= 0.3 is 0 Å². The number of nitrogen functional groups attached to an aromatic ring is 2. The number of anilines is 4. The highest BCUT2D eigenvalue weighted by Crippen LogP contribution is 2.38. The van der Waals surface area contributed by atoms with E-state index in [0.717, 1.165) is 34.6 Å². The number of rotatable bonds is 1. The van der Waals surface area contributed by atoms with Crippen molar-refractivity contribution >= 4 is 28.7 Å². The van der Waals surface area contributed by atoms with Crippen LogP contribution < -0.4 is 16.4 Å². The second-order valence-electron chi connectivity index (χ2n) is 5.18. The van der Waals surface area contributed by atoms with E-state index in [1.165, 1.54) is 0 Å². The first-order valence-corrected chi connectivity index (χ1v) is 6.64. The van der Waals surface area contributed by atoms with Crippen LogP contribution in [0.15, 0.2) is 36.4 Å². The third kappa shape index (κ3) is 1.99. The van der Waals surface area contributed by atoms with Gasteiger partial charge in [0.15, 0.2) is 0 Å². The molecule has 1 aliphatic heterocycles. The summed E-state index contributed by atoms with van der Waals surface area (Å²) in [5, 5.41) is 0. The molecule has 1 aliphatic rings. The molecule has 1 amide bonds. The van der Waals surface area contributed by atoms with Crippen LogP contribution in [0.4, 0.5) is 22.7 Å². The van der Waals surface area contributed by atoms with Crippen LogP contribution >= 0.6 is 0 Å². The summed E-state index contributed by atoms with van der Waals surface area (Å²) in [5.74, 6) is 0.0674. The Morgan fingerprint density at radius 1 is 1.00 bits per heavy atom. The quantitative estimate of drug-likeness (QED) is 0.780. The molecule has 0 saturated carbocycles. The minimum atomic E-state index is 0.0674. The van der Waals surface area contributed by atoms with Crippen LogP contribution in [-0.4, -0.2) is 5.91 Å². The molecule has 0 aliphatic carbocycles. The predicted molar refractivity (Wildman–Crippen MR) is 81.9 cm³/mol. The number of fused-ring (bicyclic) bond motifs is 1. The molecule has 1 heterocycles. The van der Waals surface area contributed by atoms with Crippen LogP contribution in [0.1, 0.15) is 17.5 Å². The fourth-order valence-corrected chi connectivity index (χ4v) is 2.65. The van der Waals surface area contributed by atoms with Gasteiger partial charge in [-0.3, -0.25) is 9.69 Å². The summed E-state index contributed by atoms with van der Waals surface area (Å²) in [4.78, 5) is 14.0. The first kappa shape index (κ1) is 12.5. The van der Waals surface area contributed by atoms with E-state index >= 15 is 0 Å². The first-order valence-electron chi connectivity index (χ1n) is 6.64. The lowest BCUT2D eigenvalue weighted by Gasteiger charge is -2.30. The normalized spacial score (nSPS) is 14.2. The average Bonchev–Trinajstić information content (AvgIpc) is 2.40. The molecule has 3 rings (SSSR count). The molecule has 0 atom stereocenters. The lowest BCUT2D eigenvalue weighted by molar-refractivity contribution is -0.118. The summed E-state index contributed by atoms with van der Waals surface area (Å²) in [7, 11) is 0. The van der Waals surface area contributed by atoms with E-state index in [4.69, 9.17) is 11.5 Å². The number of hydrogen-bond acceptors (Lipinski definition) is 3. The molecule has 0 spiro atoms. The molecular weight excluding hydrogens is 250 g/mol. The molecule has 0 fully saturated rings. The molecule has 20 heavy (non-hydrogen) atoms. The second-order valence-corrected chi connectivity index (χ2v) is 5.18. The van der Waals surface area contributed by atoms with E-state index in [-0.39, 0.29) is 5.91 Å². The number of carbonyl (C=O) groups excluding carboxylic acids is 1. The number of aryl methyl sites for hydroxylation is 2. The standard InChI is InChI=1S/C16H17N3O/c1-10-2-5-15(13(18)8-10)19-14-6-4-12(17)9-11(14)3-7-16(19)20/h2,4-6,8-9H,3,7,17-18H2,1H3. The molecule has 4 nitrogen and oxygen atoms in total. The Bertz CT molecular complexity index is 694. The van der Waals surface area contributed by atoms with Crippen molar-refractivity contribution in [3.63, 3.8) is 0 Å². The minimum Gasteiger partial charge on any atom is -0.399 e. The van der Waals surface area contributed by atoms with Crippen LogP contribution in [0.2, 0.25) is 0 Å². The van der Waals surface area contributed by atoms with Crippen molar-refractivity contribution in [3.05, 3.63) is 47.5 Å². The number of carbonyl (C=O) groups is 1. The first-order chi connectivity index (χ1) is 9.56. The van der Waals surface area contributed by atoms with E-state index in [1.807, 2.05) is 43.3 Å². The Hall–Kier alpha value is -2.49. The summed E-state index contributed by atoms with van der Waals surface area (Å²) in [6, 6.07) is 11.4. The number of nitrogens with zero attached hydrogens (tertiary/aromatic N) is 1. The lowest BCUT2D eigenvalue weighted by Crippen LogP contribution is -2.31. The van der Waals surface area contributed by atoms with E-state index in [1.54, 1.807) is 4.90 Å². The summed E-state index contributed by atoms with van der Waals surface area (Å²) < 4.78 is 0. The highest BCUT2D eigenvalue weighted by Gasteiger charge is 2.26. The molecule has 0 bridgehead atoms. The average molecular weight is 267 g/mol. The Labute approximate surface area is 118 Å². The number of hydrogen-bond donors (Lipinski definition) is 2. The van der Waals surface area contributed by atoms with Gasteiger partial charge < -0.3 is 11.5 Å². The minimum absolute atomic E-state index is 0.0674. The van der Waals surface area contributed by atoms with Gasteiger partial charge in [0.05, 0.1) is 17.1 Å². The molecule has 0 unspecified atom stereocenters. The molecule has 4 heteroatoms. The van der Waals surface area contributed by atoms with Crippen LogP contribution in [0, 0.1) is 6.92 Å². The number of nitrogens with two attached hydrogens (primary N) is 2. The van der Waals surface area contributed by atoms with Gasteiger partial charge in [-0.25, -0.2) is 0 Å². The topological polar surface area (TPSA) is 72.3 Å². The SMILES string of the molecule is Cc1ccc(N2C(=O)CCc3cc(N)ccc32)c(N)c1. The fourth-order valence-electron chi connectivity index (χ4n) is 2.65.